The number of benzene rings is 1. The highest BCUT2D eigenvalue weighted by Crippen LogP contribution is 2.40. The number of aromatic nitrogens is 1. The summed E-state index contributed by atoms with van der Waals surface area (Å²) in [5.74, 6) is 0.763. The molecule has 1 aromatic heterocycles. The standard InChI is InChI=1S/C19H23N3O4S/c23-19(16-12-17(26-21-16)14-8-9-14)20-13-15-6-2-3-7-18(15)27(24,25)22-10-4-1-5-11-22/h2-3,6-7,12,14H,1,4-5,8-11,13H2,(H,20,23). The Morgan fingerprint density at radius 3 is 2.67 bits per heavy atom. The number of nitrogens with zero attached hydrogens (tertiary/aromatic N) is 2. The van der Waals surface area contributed by atoms with Crippen molar-refractivity contribution in [2.75, 3.05) is 13.1 Å². The normalized spacial score (nSPS) is 18.4. The van der Waals surface area contributed by atoms with Crippen LogP contribution >= 0.6 is 0 Å². The molecule has 2 aliphatic rings. The van der Waals surface area contributed by atoms with Crippen LogP contribution in [0.15, 0.2) is 39.8 Å². The zero-order valence-corrected chi connectivity index (χ0v) is 15.9. The SMILES string of the molecule is O=C(NCc1ccccc1S(=O)(=O)N1CCCCC1)c1cc(C2CC2)on1. The van der Waals surface area contributed by atoms with Crippen LogP contribution in [0.5, 0.6) is 0 Å². The number of carbonyl (C=O) groups excluding carboxylic acids is 1. The van der Waals surface area contributed by atoms with Gasteiger partial charge in [-0.1, -0.05) is 29.8 Å². The molecule has 144 valence electrons. The van der Waals surface area contributed by atoms with Gasteiger partial charge in [0.25, 0.3) is 5.91 Å². The van der Waals surface area contributed by atoms with Gasteiger partial charge in [-0.2, -0.15) is 4.31 Å². The second-order valence-corrected chi connectivity index (χ2v) is 9.05. The van der Waals surface area contributed by atoms with Crippen molar-refractivity contribution in [3.8, 4) is 0 Å². The van der Waals surface area contributed by atoms with Crippen LogP contribution in [-0.2, 0) is 16.6 Å². The van der Waals surface area contributed by atoms with Crippen LogP contribution in [0.1, 0.15) is 59.8 Å². The van der Waals surface area contributed by atoms with Crippen molar-refractivity contribution in [2.45, 2.75) is 49.5 Å². The van der Waals surface area contributed by atoms with Gasteiger partial charge in [-0.05, 0) is 37.3 Å². The van der Waals surface area contributed by atoms with E-state index in [1.807, 2.05) is 0 Å². The summed E-state index contributed by atoms with van der Waals surface area (Å²) in [5, 5.41) is 6.58. The molecule has 1 aliphatic carbocycles. The van der Waals surface area contributed by atoms with Gasteiger partial charge in [-0.15, -0.1) is 0 Å². The molecule has 1 saturated heterocycles. The molecule has 1 saturated carbocycles. The molecule has 0 unspecified atom stereocenters. The third kappa shape index (κ3) is 3.91. The second kappa shape index (κ2) is 7.44. The summed E-state index contributed by atoms with van der Waals surface area (Å²) in [7, 11) is -3.56. The first-order valence-electron chi connectivity index (χ1n) is 9.38. The topological polar surface area (TPSA) is 92.5 Å². The molecule has 1 aliphatic heterocycles. The van der Waals surface area contributed by atoms with Gasteiger partial charge in [0.05, 0.1) is 4.90 Å². The van der Waals surface area contributed by atoms with Gasteiger partial charge in [0.15, 0.2) is 5.69 Å². The van der Waals surface area contributed by atoms with Crippen LogP contribution in [0, 0.1) is 0 Å². The maximum Gasteiger partial charge on any atom is 0.273 e. The molecule has 0 radical (unpaired) electrons. The quantitative estimate of drug-likeness (QED) is 0.820. The predicted octanol–water partition coefficient (Wildman–Crippen LogP) is 2.66. The molecule has 2 aromatic rings. The summed E-state index contributed by atoms with van der Waals surface area (Å²) >= 11 is 0. The van der Waals surface area contributed by atoms with E-state index in [0.717, 1.165) is 37.9 Å². The third-order valence-corrected chi connectivity index (χ3v) is 7.08. The Hall–Kier alpha value is -2.19. The van der Waals surface area contributed by atoms with Gasteiger partial charge in [0, 0.05) is 31.6 Å². The number of rotatable bonds is 6. The lowest BCUT2D eigenvalue weighted by molar-refractivity contribution is 0.0941. The van der Waals surface area contributed by atoms with Crippen molar-refractivity contribution in [1.29, 1.82) is 0 Å². The molecule has 2 fully saturated rings. The maximum atomic E-state index is 13.0. The predicted molar refractivity (Wildman–Crippen MR) is 98.7 cm³/mol. The first-order valence-corrected chi connectivity index (χ1v) is 10.8. The average molecular weight is 389 g/mol. The molecule has 8 heteroatoms. The zero-order chi connectivity index (χ0) is 18.9. The zero-order valence-electron chi connectivity index (χ0n) is 15.1. The highest BCUT2D eigenvalue weighted by molar-refractivity contribution is 7.89. The Morgan fingerprint density at radius 1 is 1.19 bits per heavy atom. The van der Waals surface area contributed by atoms with Crippen LogP contribution in [0.4, 0.5) is 0 Å². The van der Waals surface area contributed by atoms with E-state index < -0.39 is 10.0 Å². The summed E-state index contributed by atoms with van der Waals surface area (Å²) in [6, 6.07) is 8.49. The number of nitrogens with one attached hydrogen (secondary N) is 1. The van der Waals surface area contributed by atoms with Gasteiger partial charge in [-0.3, -0.25) is 4.79 Å². The fraction of sp³-hybridized carbons (Fsp3) is 0.474. The van der Waals surface area contributed by atoms with E-state index in [1.165, 1.54) is 4.31 Å². The van der Waals surface area contributed by atoms with Crippen molar-refractivity contribution in [1.82, 2.24) is 14.8 Å². The fourth-order valence-corrected chi connectivity index (χ4v) is 5.11. The number of sulfonamides is 1. The van der Waals surface area contributed by atoms with E-state index in [2.05, 4.69) is 10.5 Å². The minimum Gasteiger partial charge on any atom is -0.360 e. The van der Waals surface area contributed by atoms with E-state index in [9.17, 15) is 13.2 Å². The lowest BCUT2D eigenvalue weighted by atomic mass is 10.2. The van der Waals surface area contributed by atoms with E-state index in [4.69, 9.17) is 4.52 Å². The van der Waals surface area contributed by atoms with Crippen molar-refractivity contribution in [3.63, 3.8) is 0 Å². The smallest absolute Gasteiger partial charge is 0.273 e. The first kappa shape index (κ1) is 18.2. The minimum absolute atomic E-state index is 0.119. The Balaban J connectivity index is 1.48. The molecule has 27 heavy (non-hydrogen) atoms. The summed E-state index contributed by atoms with van der Waals surface area (Å²) < 4.78 is 32.7. The Kier molecular flexibility index (Phi) is 5.01. The van der Waals surface area contributed by atoms with Crippen molar-refractivity contribution >= 4 is 15.9 Å². The number of carbonyl (C=O) groups is 1. The number of hydrogen-bond donors (Lipinski definition) is 1. The van der Waals surface area contributed by atoms with Gasteiger partial charge < -0.3 is 9.84 Å². The molecule has 7 nitrogen and oxygen atoms in total. The molecule has 1 amide bonds. The molecule has 0 spiro atoms. The largest absolute Gasteiger partial charge is 0.360 e. The fourth-order valence-electron chi connectivity index (χ4n) is 3.37. The summed E-state index contributed by atoms with van der Waals surface area (Å²) in [6.07, 6.45) is 4.96. The van der Waals surface area contributed by atoms with E-state index in [-0.39, 0.29) is 23.0 Å². The molecule has 2 heterocycles. The molecule has 1 N–H and O–H groups in total. The Bertz CT molecular complexity index is 928. The Morgan fingerprint density at radius 2 is 1.93 bits per heavy atom. The van der Waals surface area contributed by atoms with Crippen LogP contribution < -0.4 is 5.32 Å². The van der Waals surface area contributed by atoms with Crippen molar-refractivity contribution in [2.24, 2.45) is 0 Å². The third-order valence-electron chi connectivity index (χ3n) is 5.09. The lowest BCUT2D eigenvalue weighted by Gasteiger charge is -2.26. The maximum absolute atomic E-state index is 13.0. The highest BCUT2D eigenvalue weighted by Gasteiger charge is 2.30. The van der Waals surface area contributed by atoms with Gasteiger partial charge in [0.2, 0.25) is 10.0 Å². The first-order chi connectivity index (χ1) is 13.1. The van der Waals surface area contributed by atoms with Gasteiger partial charge >= 0.3 is 0 Å². The molecule has 0 bridgehead atoms. The van der Waals surface area contributed by atoms with Crippen LogP contribution in [0.25, 0.3) is 0 Å². The van der Waals surface area contributed by atoms with Crippen molar-refractivity contribution in [3.05, 3.63) is 47.3 Å². The highest BCUT2D eigenvalue weighted by atomic mass is 32.2. The Labute approximate surface area is 158 Å². The van der Waals surface area contributed by atoms with Crippen molar-refractivity contribution < 1.29 is 17.7 Å². The summed E-state index contributed by atoms with van der Waals surface area (Å²) in [4.78, 5) is 12.6. The minimum atomic E-state index is -3.56. The van der Waals surface area contributed by atoms with Crippen LogP contribution in [0.2, 0.25) is 0 Å². The molecule has 4 rings (SSSR count). The number of amides is 1. The molecular formula is C19H23N3O4S. The molecule has 0 atom stereocenters. The van der Waals surface area contributed by atoms with Crippen LogP contribution in [0.3, 0.4) is 0 Å². The lowest BCUT2D eigenvalue weighted by Crippen LogP contribution is -2.36. The molecule has 1 aromatic carbocycles. The van der Waals surface area contributed by atoms with E-state index in [0.29, 0.717) is 24.6 Å². The van der Waals surface area contributed by atoms with Crippen LogP contribution in [-0.4, -0.2) is 36.9 Å². The van der Waals surface area contributed by atoms with E-state index in [1.54, 1.807) is 30.3 Å². The molecular weight excluding hydrogens is 366 g/mol. The van der Waals surface area contributed by atoms with Gasteiger partial charge in [-0.25, -0.2) is 8.42 Å². The summed E-state index contributed by atoms with van der Waals surface area (Å²) in [5.41, 5.74) is 0.801. The number of hydrogen-bond acceptors (Lipinski definition) is 5. The number of piperidine rings is 1. The second-order valence-electron chi connectivity index (χ2n) is 7.14. The average Bonchev–Trinajstić information content (AvgIpc) is 3.43. The van der Waals surface area contributed by atoms with E-state index >= 15 is 0 Å². The van der Waals surface area contributed by atoms with Gasteiger partial charge in [0.1, 0.15) is 5.76 Å². The summed E-state index contributed by atoms with van der Waals surface area (Å²) in [6.45, 7) is 1.21. The monoisotopic (exact) mass is 389 g/mol.